The van der Waals surface area contributed by atoms with Gasteiger partial charge < -0.3 is 0 Å². The second kappa shape index (κ2) is 10.5. The first kappa shape index (κ1) is 22.7. The fourth-order valence-corrected chi connectivity index (χ4v) is 6.45. The van der Waals surface area contributed by atoms with Gasteiger partial charge in [-0.15, -0.1) is 0 Å². The molecule has 0 aromatic heterocycles. The predicted molar refractivity (Wildman–Crippen MR) is 127 cm³/mol. The molecule has 2 unspecified atom stereocenters. The zero-order valence-corrected chi connectivity index (χ0v) is 19.2. The molecule has 31 heavy (non-hydrogen) atoms. The number of hydrogen-bond donors (Lipinski definition) is 0. The first-order valence-electron chi connectivity index (χ1n) is 12.9. The Morgan fingerprint density at radius 3 is 1.97 bits per heavy atom. The van der Waals surface area contributed by atoms with Gasteiger partial charge in [0, 0.05) is 0 Å². The van der Waals surface area contributed by atoms with Crippen LogP contribution in [0.3, 0.4) is 0 Å². The number of hydrogen-bond acceptors (Lipinski definition) is 0. The van der Waals surface area contributed by atoms with Crippen molar-refractivity contribution in [2.75, 3.05) is 0 Å². The maximum Gasteiger partial charge on any atom is 0.164 e. The van der Waals surface area contributed by atoms with Crippen LogP contribution in [-0.2, 0) is 0 Å². The molecule has 1 aromatic rings. The van der Waals surface area contributed by atoms with E-state index in [-0.39, 0.29) is 0 Å². The fourth-order valence-electron chi connectivity index (χ4n) is 6.45. The molecule has 0 radical (unpaired) electrons. The molecule has 1 aromatic carbocycles. The third-order valence-corrected chi connectivity index (χ3v) is 8.51. The van der Waals surface area contributed by atoms with Crippen LogP contribution in [0.15, 0.2) is 48.6 Å². The Balaban J connectivity index is 1.22. The van der Waals surface area contributed by atoms with Crippen LogP contribution < -0.4 is 0 Å². The largest absolute Gasteiger partial charge is 0.239 e. The number of halogens is 2. The molecule has 3 aliphatic rings. The third-order valence-electron chi connectivity index (χ3n) is 8.51. The van der Waals surface area contributed by atoms with Gasteiger partial charge in [-0.1, -0.05) is 81.9 Å². The Morgan fingerprint density at radius 2 is 1.42 bits per heavy atom. The minimum absolute atomic E-state index is 0.306. The molecule has 2 fully saturated rings. The van der Waals surface area contributed by atoms with E-state index < -0.39 is 11.8 Å². The fraction of sp³-hybridized carbons (Fsp3) is 0.655. The van der Waals surface area contributed by atoms with Gasteiger partial charge in [0.15, 0.2) is 11.8 Å². The zero-order chi connectivity index (χ0) is 21.7. The average molecular weight is 427 g/mol. The van der Waals surface area contributed by atoms with E-state index in [4.69, 9.17) is 0 Å². The van der Waals surface area contributed by atoms with Gasteiger partial charge in [0.25, 0.3) is 0 Å². The van der Waals surface area contributed by atoms with E-state index in [0.29, 0.717) is 12.3 Å². The minimum atomic E-state index is -1.84. The summed E-state index contributed by atoms with van der Waals surface area (Å²) in [5.74, 6) is 3.37. The molecule has 0 nitrogen and oxygen atoms in total. The Morgan fingerprint density at radius 1 is 0.839 bits per heavy atom. The van der Waals surface area contributed by atoms with Gasteiger partial charge in [-0.25, -0.2) is 8.78 Å². The first-order chi connectivity index (χ1) is 15.1. The summed E-state index contributed by atoms with van der Waals surface area (Å²) >= 11 is 0. The van der Waals surface area contributed by atoms with Crippen LogP contribution in [0.1, 0.15) is 89.5 Å². The first-order valence-corrected chi connectivity index (χ1v) is 12.9. The lowest BCUT2D eigenvalue weighted by Crippen LogP contribution is -2.34. The normalized spacial score (nSPS) is 36.2. The van der Waals surface area contributed by atoms with Gasteiger partial charge in [0.2, 0.25) is 0 Å². The third kappa shape index (κ3) is 5.68. The molecule has 2 heteroatoms. The van der Waals surface area contributed by atoms with E-state index in [0.717, 1.165) is 35.3 Å². The van der Waals surface area contributed by atoms with Crippen LogP contribution in [0.4, 0.5) is 8.78 Å². The molecule has 0 N–H and O–H groups in total. The Kier molecular flexibility index (Phi) is 7.67. The maximum atomic E-state index is 15.4. The smallest absolute Gasteiger partial charge is 0.164 e. The van der Waals surface area contributed by atoms with Crippen LogP contribution in [0.2, 0.25) is 0 Å². The summed E-state index contributed by atoms with van der Waals surface area (Å²) in [6.45, 7) is 2.31. The van der Waals surface area contributed by atoms with Crippen molar-refractivity contribution < 1.29 is 8.78 Å². The molecule has 2 saturated carbocycles. The highest BCUT2D eigenvalue weighted by molar-refractivity contribution is 5.76. The average Bonchev–Trinajstić information content (AvgIpc) is 2.81. The highest BCUT2D eigenvalue weighted by Gasteiger charge is 2.39. The minimum Gasteiger partial charge on any atom is -0.239 e. The molecule has 170 valence electrons. The molecule has 0 bridgehead atoms. The molecule has 0 heterocycles. The van der Waals surface area contributed by atoms with Crippen molar-refractivity contribution in [3.63, 3.8) is 0 Å². The SMILES string of the molecule is CCCC1CCC(C2CCC(CCC3(F)C=CC(c4ccccc4)=CC3F)CC2)CC1. The quantitative estimate of drug-likeness (QED) is 0.408. The van der Waals surface area contributed by atoms with Crippen molar-refractivity contribution in [3.05, 3.63) is 54.1 Å². The van der Waals surface area contributed by atoms with Crippen LogP contribution in [0.25, 0.3) is 5.57 Å². The standard InChI is InChI=1S/C29H40F2/c1-2-6-22-9-13-25(14-10-22)26-15-11-23(12-16-26)17-19-29(31)20-18-27(21-28(29)30)24-7-4-3-5-8-24/h3-5,7-8,18,20-23,25-26,28H,2,6,9-17,19H2,1H3. The molecule has 4 rings (SSSR count). The highest BCUT2D eigenvalue weighted by Crippen LogP contribution is 2.44. The Bertz CT molecular complexity index is 735. The molecule has 0 aliphatic heterocycles. The van der Waals surface area contributed by atoms with E-state index in [1.807, 2.05) is 30.3 Å². The van der Waals surface area contributed by atoms with Crippen molar-refractivity contribution in [2.24, 2.45) is 23.7 Å². The molecule has 0 saturated heterocycles. The number of allylic oxidation sites excluding steroid dienone is 4. The number of alkyl halides is 2. The van der Waals surface area contributed by atoms with Gasteiger partial charge in [-0.2, -0.15) is 0 Å². The molecule has 0 amide bonds. The van der Waals surface area contributed by atoms with E-state index in [2.05, 4.69) is 6.92 Å². The van der Waals surface area contributed by atoms with Crippen molar-refractivity contribution >= 4 is 5.57 Å². The van der Waals surface area contributed by atoms with E-state index in [9.17, 15) is 4.39 Å². The summed E-state index contributed by atoms with van der Waals surface area (Å²) in [7, 11) is 0. The molecule has 2 atom stereocenters. The highest BCUT2D eigenvalue weighted by atomic mass is 19.2. The van der Waals surface area contributed by atoms with E-state index >= 15 is 4.39 Å². The zero-order valence-electron chi connectivity index (χ0n) is 19.2. The Hall–Kier alpha value is -1.44. The summed E-state index contributed by atoms with van der Waals surface area (Å²) in [5, 5.41) is 0. The van der Waals surface area contributed by atoms with Gasteiger partial charge in [0.05, 0.1) is 0 Å². The topological polar surface area (TPSA) is 0 Å². The molecule has 3 aliphatic carbocycles. The monoisotopic (exact) mass is 426 g/mol. The van der Waals surface area contributed by atoms with Gasteiger partial charge in [-0.05, 0) is 85.5 Å². The van der Waals surface area contributed by atoms with Crippen LogP contribution >= 0.6 is 0 Å². The van der Waals surface area contributed by atoms with E-state index in [1.165, 1.54) is 76.4 Å². The number of benzene rings is 1. The van der Waals surface area contributed by atoms with Crippen LogP contribution in [0, 0.1) is 23.7 Å². The summed E-state index contributed by atoms with van der Waals surface area (Å²) < 4.78 is 30.2. The van der Waals surface area contributed by atoms with Crippen molar-refractivity contribution in [1.29, 1.82) is 0 Å². The van der Waals surface area contributed by atoms with Gasteiger partial charge in [0.1, 0.15) is 0 Å². The molecular weight excluding hydrogens is 386 g/mol. The summed E-state index contributed by atoms with van der Waals surface area (Å²) in [6.07, 6.45) is 17.8. The maximum absolute atomic E-state index is 15.4. The molecule has 0 spiro atoms. The second-order valence-electron chi connectivity index (χ2n) is 10.5. The van der Waals surface area contributed by atoms with Crippen LogP contribution in [0.5, 0.6) is 0 Å². The lowest BCUT2D eigenvalue weighted by atomic mass is 9.68. The van der Waals surface area contributed by atoms with Crippen molar-refractivity contribution in [1.82, 2.24) is 0 Å². The van der Waals surface area contributed by atoms with E-state index in [1.54, 1.807) is 6.08 Å². The number of rotatable bonds is 7. The second-order valence-corrected chi connectivity index (χ2v) is 10.5. The van der Waals surface area contributed by atoms with Gasteiger partial charge in [-0.3, -0.25) is 0 Å². The van der Waals surface area contributed by atoms with Crippen LogP contribution in [-0.4, -0.2) is 11.8 Å². The lowest BCUT2D eigenvalue weighted by Gasteiger charge is -2.38. The summed E-state index contributed by atoms with van der Waals surface area (Å²) in [6, 6.07) is 9.70. The summed E-state index contributed by atoms with van der Waals surface area (Å²) in [5.41, 5.74) is -0.103. The summed E-state index contributed by atoms with van der Waals surface area (Å²) in [4.78, 5) is 0. The van der Waals surface area contributed by atoms with Gasteiger partial charge >= 0.3 is 0 Å². The van der Waals surface area contributed by atoms with Crippen molar-refractivity contribution in [3.8, 4) is 0 Å². The Labute approximate surface area is 188 Å². The predicted octanol–water partition coefficient (Wildman–Crippen LogP) is 8.88. The lowest BCUT2D eigenvalue weighted by molar-refractivity contribution is 0.0944. The van der Waals surface area contributed by atoms with Crippen molar-refractivity contribution in [2.45, 2.75) is 95.8 Å². The molecular formula is C29H40F2.